The average Bonchev–Trinajstić information content (AvgIpc) is 3.20. The lowest BCUT2D eigenvalue weighted by Gasteiger charge is -2.24. The van der Waals surface area contributed by atoms with E-state index >= 15 is 0 Å². The quantitative estimate of drug-likeness (QED) is 0.288. The summed E-state index contributed by atoms with van der Waals surface area (Å²) in [5.41, 5.74) is 5.63. The number of carbonyl (C=O) groups excluding carboxylic acids is 1. The van der Waals surface area contributed by atoms with E-state index in [0.717, 1.165) is 15.9 Å². The van der Waals surface area contributed by atoms with Gasteiger partial charge in [-0.15, -0.1) is 11.3 Å². The van der Waals surface area contributed by atoms with Crippen molar-refractivity contribution < 1.29 is 19.4 Å². The summed E-state index contributed by atoms with van der Waals surface area (Å²) in [6.07, 6.45) is 1.42. The number of hydrogen-bond donors (Lipinski definition) is 1. The molecular formula is C24H17N5O7S. The molecular weight excluding hydrogens is 502 g/mol. The van der Waals surface area contributed by atoms with Crippen LogP contribution in [0.15, 0.2) is 58.9 Å². The molecule has 0 fully saturated rings. The van der Waals surface area contributed by atoms with Crippen LogP contribution in [-0.4, -0.2) is 27.0 Å². The molecule has 1 atom stereocenters. The maximum Gasteiger partial charge on any atom is 0.338 e. The molecule has 1 aliphatic heterocycles. The second kappa shape index (κ2) is 9.88. The SMILES string of the molecule is CCOC(=O)C1=C(N)n2c(s/c(=C\c3cccc([N+](=O)[O-])c3)c2=O)=C(C#N)[C@H]1c1cccc([N+](=O)[O-])c1. The molecule has 1 aromatic heterocycles. The molecule has 0 radical (unpaired) electrons. The van der Waals surface area contributed by atoms with Gasteiger partial charge in [0.05, 0.1) is 44.1 Å². The Morgan fingerprint density at radius 1 is 1.19 bits per heavy atom. The Bertz CT molecular complexity index is 1730. The number of thiazole rings is 1. The zero-order valence-corrected chi connectivity index (χ0v) is 19.9. The molecule has 0 saturated heterocycles. The number of nitro benzene ring substituents is 2. The number of benzene rings is 2. The van der Waals surface area contributed by atoms with Crippen LogP contribution in [0.1, 0.15) is 24.0 Å². The van der Waals surface area contributed by atoms with Crippen LogP contribution in [-0.2, 0) is 9.53 Å². The van der Waals surface area contributed by atoms with Crippen molar-refractivity contribution in [1.29, 1.82) is 5.26 Å². The average molecular weight is 519 g/mol. The standard InChI is InChI=1S/C24H17N5O7S/c1-2-36-24(31)20-19(14-6-4-8-16(11-14)29(34)35)17(12-25)23-27(21(20)26)22(30)18(37-23)10-13-5-3-7-15(9-13)28(32)33/h3-11,19H,2,26H2,1H3/b18-10-/t19-/m1/s1. The van der Waals surface area contributed by atoms with Crippen molar-refractivity contribution in [3.63, 3.8) is 0 Å². The summed E-state index contributed by atoms with van der Waals surface area (Å²) < 4.78 is 6.41. The van der Waals surface area contributed by atoms with Gasteiger partial charge in [-0.1, -0.05) is 24.3 Å². The van der Waals surface area contributed by atoms with Crippen LogP contribution in [0.2, 0.25) is 0 Å². The van der Waals surface area contributed by atoms with Crippen LogP contribution in [0.5, 0.6) is 0 Å². The van der Waals surface area contributed by atoms with E-state index in [4.69, 9.17) is 10.5 Å². The van der Waals surface area contributed by atoms with Crippen molar-refractivity contribution in [3.8, 4) is 6.07 Å². The van der Waals surface area contributed by atoms with Crippen LogP contribution >= 0.6 is 11.3 Å². The van der Waals surface area contributed by atoms with Gasteiger partial charge in [0, 0.05) is 24.3 Å². The second-order valence-corrected chi connectivity index (χ2v) is 8.77. The predicted molar refractivity (Wildman–Crippen MR) is 133 cm³/mol. The predicted octanol–water partition coefficient (Wildman–Crippen LogP) is 1.72. The molecule has 0 spiro atoms. The fraction of sp³-hybridized carbons (Fsp3) is 0.125. The van der Waals surface area contributed by atoms with Crippen molar-refractivity contribution in [2.75, 3.05) is 6.61 Å². The highest BCUT2D eigenvalue weighted by Crippen LogP contribution is 2.37. The Kier molecular flexibility index (Phi) is 6.68. The van der Waals surface area contributed by atoms with Crippen LogP contribution < -0.4 is 20.5 Å². The highest BCUT2D eigenvalue weighted by atomic mass is 32.1. The van der Waals surface area contributed by atoms with E-state index in [1.165, 1.54) is 48.5 Å². The Labute approximate surface area is 211 Å². The summed E-state index contributed by atoms with van der Waals surface area (Å²) in [4.78, 5) is 47.7. The van der Waals surface area contributed by atoms with Crippen LogP contribution in [0.4, 0.5) is 11.4 Å². The molecule has 12 nitrogen and oxygen atoms in total. The molecule has 0 saturated carbocycles. The number of nitrogens with two attached hydrogens (primary N) is 1. The number of carbonyl (C=O) groups is 1. The molecule has 0 bridgehead atoms. The number of esters is 1. The smallest absolute Gasteiger partial charge is 0.338 e. The number of nitriles is 1. The van der Waals surface area contributed by atoms with E-state index in [0.29, 0.717) is 5.56 Å². The molecule has 0 unspecified atom stereocenters. The molecule has 2 heterocycles. The summed E-state index contributed by atoms with van der Waals surface area (Å²) >= 11 is 0.909. The first-order valence-electron chi connectivity index (χ1n) is 10.7. The van der Waals surface area contributed by atoms with Crippen molar-refractivity contribution in [2.45, 2.75) is 12.8 Å². The van der Waals surface area contributed by atoms with Crippen molar-refractivity contribution in [2.24, 2.45) is 5.73 Å². The number of ether oxygens (including phenoxy) is 1. The third kappa shape index (κ3) is 4.48. The highest BCUT2D eigenvalue weighted by molar-refractivity contribution is 7.07. The van der Waals surface area contributed by atoms with Crippen LogP contribution in [0, 0.1) is 31.6 Å². The van der Waals surface area contributed by atoms with Gasteiger partial charge in [0.2, 0.25) is 0 Å². The maximum atomic E-state index is 13.4. The number of hydrogen-bond acceptors (Lipinski definition) is 10. The first-order valence-corrected chi connectivity index (χ1v) is 11.5. The van der Waals surface area contributed by atoms with E-state index < -0.39 is 27.3 Å². The van der Waals surface area contributed by atoms with Crippen molar-refractivity contribution in [3.05, 3.63) is 105 Å². The highest BCUT2D eigenvalue weighted by Gasteiger charge is 2.37. The van der Waals surface area contributed by atoms with Crippen LogP contribution in [0.3, 0.4) is 0 Å². The fourth-order valence-corrected chi connectivity index (χ4v) is 5.12. The van der Waals surface area contributed by atoms with Gasteiger partial charge in [0.1, 0.15) is 10.5 Å². The minimum atomic E-state index is -1.13. The van der Waals surface area contributed by atoms with Gasteiger partial charge in [0.25, 0.3) is 16.9 Å². The molecule has 2 aromatic carbocycles. The van der Waals surface area contributed by atoms with Crippen LogP contribution in [0.25, 0.3) is 17.5 Å². The Balaban J connectivity index is 2.05. The van der Waals surface area contributed by atoms with Gasteiger partial charge in [0.15, 0.2) is 0 Å². The van der Waals surface area contributed by atoms with Gasteiger partial charge in [-0.3, -0.25) is 29.6 Å². The van der Waals surface area contributed by atoms with E-state index in [1.807, 2.05) is 6.07 Å². The number of nitro groups is 2. The second-order valence-electron chi connectivity index (χ2n) is 7.74. The molecule has 0 aliphatic carbocycles. The van der Waals surface area contributed by atoms with Gasteiger partial charge in [-0.2, -0.15) is 5.26 Å². The number of non-ortho nitro benzene ring substituents is 2. The molecule has 2 N–H and O–H groups in total. The summed E-state index contributed by atoms with van der Waals surface area (Å²) in [5.74, 6) is -2.28. The normalized spacial score (nSPS) is 15.2. The number of nitrogens with zero attached hydrogens (tertiary/aromatic N) is 4. The van der Waals surface area contributed by atoms with Gasteiger partial charge in [-0.05, 0) is 24.1 Å². The summed E-state index contributed by atoms with van der Waals surface area (Å²) in [6.45, 7) is 1.55. The lowest BCUT2D eigenvalue weighted by molar-refractivity contribution is -0.385. The summed E-state index contributed by atoms with van der Waals surface area (Å²) in [6, 6.07) is 13.1. The van der Waals surface area contributed by atoms with Crippen molar-refractivity contribution in [1.82, 2.24) is 4.57 Å². The van der Waals surface area contributed by atoms with Gasteiger partial charge < -0.3 is 10.5 Å². The zero-order chi connectivity index (χ0) is 26.9. The fourth-order valence-electron chi connectivity index (χ4n) is 3.99. The van der Waals surface area contributed by atoms with Crippen molar-refractivity contribution >= 4 is 46.2 Å². The third-order valence-electron chi connectivity index (χ3n) is 5.56. The monoisotopic (exact) mass is 519 g/mol. The molecule has 0 amide bonds. The molecule has 4 rings (SSSR count). The van der Waals surface area contributed by atoms with Gasteiger partial charge in [-0.25, -0.2) is 4.79 Å². The lowest BCUT2D eigenvalue weighted by atomic mass is 9.83. The summed E-state index contributed by atoms with van der Waals surface area (Å²) in [7, 11) is 0. The molecule has 1 aliphatic rings. The Morgan fingerprint density at radius 2 is 1.84 bits per heavy atom. The molecule has 37 heavy (non-hydrogen) atoms. The third-order valence-corrected chi connectivity index (χ3v) is 6.67. The zero-order valence-electron chi connectivity index (χ0n) is 19.1. The Hall–Kier alpha value is -5.09. The maximum absolute atomic E-state index is 13.4. The molecule has 13 heteroatoms. The van der Waals surface area contributed by atoms with E-state index in [2.05, 4.69) is 0 Å². The van der Waals surface area contributed by atoms with E-state index in [9.17, 15) is 35.1 Å². The number of rotatable bonds is 6. The number of aromatic nitrogens is 1. The lowest BCUT2D eigenvalue weighted by Crippen LogP contribution is -2.40. The minimum Gasteiger partial charge on any atom is -0.463 e. The summed E-state index contributed by atoms with van der Waals surface area (Å²) in [5, 5.41) is 32.6. The molecule has 186 valence electrons. The van der Waals surface area contributed by atoms with E-state index in [1.54, 1.807) is 13.0 Å². The first-order chi connectivity index (χ1) is 17.7. The van der Waals surface area contributed by atoms with Gasteiger partial charge >= 0.3 is 5.97 Å². The topological polar surface area (TPSA) is 184 Å². The number of fused-ring (bicyclic) bond motifs is 1. The molecule has 3 aromatic rings. The largest absolute Gasteiger partial charge is 0.463 e. The first kappa shape index (κ1) is 25.0. The minimum absolute atomic E-state index is 0.0175. The van der Waals surface area contributed by atoms with E-state index in [-0.39, 0.29) is 49.7 Å². The Morgan fingerprint density at radius 3 is 2.46 bits per heavy atom.